The minimum absolute atomic E-state index is 0.724. The van der Waals surface area contributed by atoms with Crippen LogP contribution in [0.5, 0.6) is 0 Å². The highest BCUT2D eigenvalue weighted by Gasteiger charge is 2.15. The standard InChI is InChI=1S/C21H16N4S2/c1-25(12-19-24-16-9-5-6-10-17(16)26-19)20-15-11-18(14-7-3-2-4-8-14)27-21(15)23-13-22-20/h2-11,13H,12H2,1H3. The van der Waals surface area contributed by atoms with Crippen LogP contribution in [-0.2, 0) is 6.54 Å². The molecule has 27 heavy (non-hydrogen) atoms. The number of benzene rings is 2. The van der Waals surface area contributed by atoms with Crippen molar-refractivity contribution in [2.75, 3.05) is 11.9 Å². The summed E-state index contributed by atoms with van der Waals surface area (Å²) < 4.78 is 1.22. The molecule has 132 valence electrons. The van der Waals surface area contributed by atoms with Gasteiger partial charge in [-0.05, 0) is 23.8 Å². The van der Waals surface area contributed by atoms with Crippen LogP contribution in [0.4, 0.5) is 5.82 Å². The maximum absolute atomic E-state index is 4.75. The fraction of sp³-hybridized carbons (Fsp3) is 0.0952. The number of para-hydroxylation sites is 1. The molecule has 0 aliphatic carbocycles. The number of fused-ring (bicyclic) bond motifs is 2. The second-order valence-corrected chi connectivity index (χ2v) is 8.47. The number of thiazole rings is 1. The zero-order valence-electron chi connectivity index (χ0n) is 14.7. The van der Waals surface area contributed by atoms with E-state index in [0.717, 1.165) is 33.1 Å². The molecule has 3 aromatic heterocycles. The molecule has 0 atom stereocenters. The van der Waals surface area contributed by atoms with Crippen molar-refractivity contribution in [2.24, 2.45) is 0 Å². The van der Waals surface area contributed by atoms with E-state index in [1.165, 1.54) is 15.1 Å². The highest BCUT2D eigenvalue weighted by atomic mass is 32.1. The van der Waals surface area contributed by atoms with Crippen LogP contribution in [0.2, 0.25) is 0 Å². The summed E-state index contributed by atoms with van der Waals surface area (Å²) in [6.07, 6.45) is 1.65. The zero-order valence-corrected chi connectivity index (χ0v) is 16.3. The second kappa shape index (κ2) is 6.72. The van der Waals surface area contributed by atoms with Gasteiger partial charge in [-0.2, -0.15) is 0 Å². The molecule has 5 rings (SSSR count). The van der Waals surface area contributed by atoms with Crippen molar-refractivity contribution >= 4 is 48.9 Å². The highest BCUT2D eigenvalue weighted by Crippen LogP contribution is 2.36. The Morgan fingerprint density at radius 3 is 2.59 bits per heavy atom. The molecule has 0 N–H and O–H groups in total. The van der Waals surface area contributed by atoms with Crippen molar-refractivity contribution in [3.63, 3.8) is 0 Å². The van der Waals surface area contributed by atoms with Gasteiger partial charge in [0.05, 0.1) is 22.1 Å². The van der Waals surface area contributed by atoms with E-state index in [4.69, 9.17) is 4.98 Å². The van der Waals surface area contributed by atoms with Gasteiger partial charge in [0.1, 0.15) is 22.0 Å². The van der Waals surface area contributed by atoms with Crippen molar-refractivity contribution in [3.8, 4) is 10.4 Å². The van der Waals surface area contributed by atoms with Gasteiger partial charge in [-0.3, -0.25) is 0 Å². The summed E-state index contributed by atoms with van der Waals surface area (Å²) in [5, 5.41) is 2.17. The van der Waals surface area contributed by atoms with E-state index in [0.29, 0.717) is 0 Å². The number of nitrogens with zero attached hydrogens (tertiary/aromatic N) is 4. The summed E-state index contributed by atoms with van der Waals surface area (Å²) in [4.78, 5) is 18.2. The topological polar surface area (TPSA) is 41.9 Å². The molecule has 0 spiro atoms. The summed E-state index contributed by atoms with van der Waals surface area (Å²) >= 11 is 3.44. The molecule has 0 unspecified atom stereocenters. The van der Waals surface area contributed by atoms with Gasteiger partial charge < -0.3 is 4.90 Å². The van der Waals surface area contributed by atoms with E-state index in [-0.39, 0.29) is 0 Å². The number of rotatable bonds is 4. The Labute approximate surface area is 164 Å². The lowest BCUT2D eigenvalue weighted by Crippen LogP contribution is -2.17. The summed E-state index contributed by atoms with van der Waals surface area (Å²) in [7, 11) is 2.06. The number of hydrogen-bond acceptors (Lipinski definition) is 6. The first-order chi connectivity index (χ1) is 13.3. The lowest BCUT2D eigenvalue weighted by Gasteiger charge is -2.17. The SMILES string of the molecule is CN(Cc1nc2ccccc2s1)c1ncnc2sc(-c3ccccc3)cc12. The maximum atomic E-state index is 4.75. The van der Waals surface area contributed by atoms with Crippen LogP contribution in [0, 0.1) is 0 Å². The maximum Gasteiger partial charge on any atom is 0.140 e. The van der Waals surface area contributed by atoms with Gasteiger partial charge in [0.15, 0.2) is 0 Å². The van der Waals surface area contributed by atoms with E-state index in [9.17, 15) is 0 Å². The molecule has 3 heterocycles. The Hall–Kier alpha value is -2.83. The van der Waals surface area contributed by atoms with Gasteiger partial charge >= 0.3 is 0 Å². The van der Waals surface area contributed by atoms with E-state index in [2.05, 4.69) is 70.4 Å². The van der Waals surface area contributed by atoms with Gasteiger partial charge in [0.2, 0.25) is 0 Å². The van der Waals surface area contributed by atoms with E-state index in [1.54, 1.807) is 29.0 Å². The molecule has 2 aromatic carbocycles. The first-order valence-corrected chi connectivity index (χ1v) is 10.3. The molecule has 0 radical (unpaired) electrons. The van der Waals surface area contributed by atoms with Gasteiger partial charge in [-0.1, -0.05) is 42.5 Å². The van der Waals surface area contributed by atoms with Gasteiger partial charge in [0, 0.05) is 11.9 Å². The van der Waals surface area contributed by atoms with Crippen molar-refractivity contribution in [2.45, 2.75) is 6.54 Å². The molecule has 0 aliphatic heterocycles. The average molecular weight is 389 g/mol. The average Bonchev–Trinajstić information content (AvgIpc) is 3.31. The van der Waals surface area contributed by atoms with Crippen molar-refractivity contribution in [1.82, 2.24) is 15.0 Å². The Morgan fingerprint density at radius 1 is 0.926 bits per heavy atom. The fourth-order valence-corrected chi connectivity index (χ4v) is 5.18. The lowest BCUT2D eigenvalue weighted by atomic mass is 10.2. The van der Waals surface area contributed by atoms with E-state index < -0.39 is 0 Å². The molecule has 0 saturated heterocycles. The fourth-order valence-electron chi connectivity index (χ4n) is 3.16. The number of thiophene rings is 1. The Balaban J connectivity index is 1.51. The van der Waals surface area contributed by atoms with Crippen molar-refractivity contribution in [3.05, 3.63) is 72.0 Å². The third-order valence-electron chi connectivity index (χ3n) is 4.44. The molecule has 0 aliphatic rings. The molecule has 5 aromatic rings. The Kier molecular flexibility index (Phi) is 4.07. The Morgan fingerprint density at radius 2 is 1.74 bits per heavy atom. The van der Waals surface area contributed by atoms with Crippen molar-refractivity contribution in [1.29, 1.82) is 0 Å². The summed E-state index contributed by atoms with van der Waals surface area (Å²) in [6.45, 7) is 0.724. The molecular weight excluding hydrogens is 372 g/mol. The molecule has 6 heteroatoms. The second-order valence-electron chi connectivity index (χ2n) is 6.32. The lowest BCUT2D eigenvalue weighted by molar-refractivity contribution is 0.894. The van der Waals surface area contributed by atoms with Crippen LogP contribution in [0.25, 0.3) is 30.9 Å². The van der Waals surface area contributed by atoms with E-state index in [1.807, 2.05) is 12.1 Å². The van der Waals surface area contributed by atoms with Crippen LogP contribution < -0.4 is 4.90 Å². The number of anilines is 1. The first kappa shape index (κ1) is 16.4. The zero-order chi connectivity index (χ0) is 18.2. The molecule has 0 amide bonds. The monoisotopic (exact) mass is 388 g/mol. The summed E-state index contributed by atoms with van der Waals surface area (Å²) in [6, 6.07) is 20.9. The third-order valence-corrected chi connectivity index (χ3v) is 6.55. The van der Waals surface area contributed by atoms with Crippen LogP contribution in [0.15, 0.2) is 67.0 Å². The van der Waals surface area contributed by atoms with Crippen molar-refractivity contribution < 1.29 is 0 Å². The Bertz CT molecular complexity index is 1190. The predicted molar refractivity (Wildman–Crippen MR) is 115 cm³/mol. The van der Waals surface area contributed by atoms with Gasteiger partial charge in [-0.15, -0.1) is 22.7 Å². The third kappa shape index (κ3) is 3.07. The molecule has 0 bridgehead atoms. The molecular formula is C21H16N4S2. The first-order valence-electron chi connectivity index (χ1n) is 8.63. The van der Waals surface area contributed by atoms with Crippen LogP contribution >= 0.6 is 22.7 Å². The van der Waals surface area contributed by atoms with E-state index >= 15 is 0 Å². The number of hydrogen-bond donors (Lipinski definition) is 0. The minimum Gasteiger partial charge on any atom is -0.352 e. The van der Waals surface area contributed by atoms with Crippen LogP contribution in [0.1, 0.15) is 5.01 Å². The minimum atomic E-state index is 0.724. The van der Waals surface area contributed by atoms with Gasteiger partial charge in [-0.25, -0.2) is 15.0 Å². The quantitative estimate of drug-likeness (QED) is 0.402. The highest BCUT2D eigenvalue weighted by molar-refractivity contribution is 7.22. The largest absolute Gasteiger partial charge is 0.352 e. The molecule has 4 nitrogen and oxygen atoms in total. The smallest absolute Gasteiger partial charge is 0.140 e. The van der Waals surface area contributed by atoms with Gasteiger partial charge in [0.25, 0.3) is 0 Å². The molecule has 0 fully saturated rings. The summed E-state index contributed by atoms with van der Waals surface area (Å²) in [5.74, 6) is 0.942. The van der Waals surface area contributed by atoms with Crippen LogP contribution in [0.3, 0.4) is 0 Å². The normalized spacial score (nSPS) is 11.3. The number of aromatic nitrogens is 3. The molecule has 0 saturated carbocycles. The van der Waals surface area contributed by atoms with Crippen LogP contribution in [-0.4, -0.2) is 22.0 Å². The summed E-state index contributed by atoms with van der Waals surface area (Å²) in [5.41, 5.74) is 2.26. The predicted octanol–water partition coefficient (Wildman–Crippen LogP) is 5.60.